The van der Waals surface area contributed by atoms with Crippen molar-refractivity contribution in [2.24, 2.45) is 11.8 Å². The van der Waals surface area contributed by atoms with Gasteiger partial charge in [-0.3, -0.25) is 14.4 Å². The molecule has 2 fully saturated rings. The monoisotopic (exact) mass is 405 g/mol. The first-order valence-electron chi connectivity index (χ1n) is 9.99. The van der Waals surface area contributed by atoms with Crippen LogP contribution in [0, 0.1) is 18.8 Å². The molecule has 0 aliphatic carbocycles. The minimum Gasteiger partial charge on any atom is -0.356 e. The number of rotatable bonds is 6. The highest BCUT2D eigenvalue weighted by molar-refractivity contribution is 6.17. The fraction of sp³-hybridized carbons (Fsp3) is 0.571. The van der Waals surface area contributed by atoms with Gasteiger partial charge in [0.2, 0.25) is 17.7 Å². The molecule has 152 valence electrons. The van der Waals surface area contributed by atoms with Gasteiger partial charge in [-0.15, -0.1) is 11.6 Å². The van der Waals surface area contributed by atoms with Crippen molar-refractivity contribution < 1.29 is 14.4 Å². The largest absolute Gasteiger partial charge is 0.356 e. The quantitative estimate of drug-likeness (QED) is 0.583. The van der Waals surface area contributed by atoms with Gasteiger partial charge in [-0.05, 0) is 38.3 Å². The fourth-order valence-electron chi connectivity index (χ4n) is 3.89. The number of benzene rings is 1. The summed E-state index contributed by atoms with van der Waals surface area (Å²) >= 11 is 5.63. The van der Waals surface area contributed by atoms with Crippen LogP contribution in [-0.4, -0.2) is 54.7 Å². The van der Waals surface area contributed by atoms with Gasteiger partial charge < -0.3 is 15.1 Å². The van der Waals surface area contributed by atoms with E-state index in [2.05, 4.69) is 5.32 Å². The van der Waals surface area contributed by atoms with Gasteiger partial charge in [0, 0.05) is 50.1 Å². The number of carbonyl (C=O) groups is 3. The number of halogens is 1. The molecule has 6 nitrogen and oxygen atoms in total. The number of piperidine rings is 1. The van der Waals surface area contributed by atoms with Crippen molar-refractivity contribution in [3.63, 3.8) is 0 Å². The Labute approximate surface area is 171 Å². The molecule has 1 N–H and O–H groups in total. The number of aryl methyl sites for hydroxylation is 1. The van der Waals surface area contributed by atoms with Crippen LogP contribution in [0.4, 0.5) is 5.69 Å². The van der Waals surface area contributed by atoms with Crippen LogP contribution >= 0.6 is 11.6 Å². The summed E-state index contributed by atoms with van der Waals surface area (Å²) in [6.07, 6.45) is 2.35. The summed E-state index contributed by atoms with van der Waals surface area (Å²) in [5, 5.41) is 2.91. The van der Waals surface area contributed by atoms with Crippen molar-refractivity contribution in [1.29, 1.82) is 0 Å². The zero-order valence-electron chi connectivity index (χ0n) is 16.3. The minimum atomic E-state index is -0.303. The Morgan fingerprint density at radius 3 is 2.46 bits per heavy atom. The molecule has 3 amide bonds. The number of nitrogens with one attached hydrogen (secondary N) is 1. The van der Waals surface area contributed by atoms with Gasteiger partial charge in [0.05, 0.1) is 5.92 Å². The van der Waals surface area contributed by atoms with Crippen LogP contribution in [0.15, 0.2) is 24.3 Å². The average Bonchev–Trinajstić information content (AvgIpc) is 3.10. The van der Waals surface area contributed by atoms with Gasteiger partial charge in [-0.25, -0.2) is 0 Å². The highest BCUT2D eigenvalue weighted by Gasteiger charge is 2.38. The highest BCUT2D eigenvalue weighted by Crippen LogP contribution is 2.28. The van der Waals surface area contributed by atoms with E-state index in [1.807, 2.05) is 36.1 Å². The molecule has 0 saturated carbocycles. The normalized spacial score (nSPS) is 20.5. The van der Waals surface area contributed by atoms with Crippen molar-refractivity contribution in [1.82, 2.24) is 10.2 Å². The Morgan fingerprint density at radius 1 is 1.14 bits per heavy atom. The number of anilines is 1. The van der Waals surface area contributed by atoms with Crippen LogP contribution in [0.5, 0.6) is 0 Å². The standard InChI is InChI=1S/C21H28ClN3O3/c1-15-3-5-18(6-4-15)25-14-17(13-19(25)26)21(28)24-11-7-16(8-12-24)20(27)23-10-2-9-22/h3-6,16-17H,2,7-14H2,1H3,(H,23,27). The number of hydrogen-bond donors (Lipinski definition) is 1. The first kappa shape index (κ1) is 20.6. The number of nitrogens with zero attached hydrogens (tertiary/aromatic N) is 2. The molecule has 2 saturated heterocycles. The number of carbonyl (C=O) groups excluding carboxylic acids is 3. The first-order chi connectivity index (χ1) is 13.5. The molecule has 1 aromatic rings. The number of likely N-dealkylation sites (tertiary alicyclic amines) is 1. The molecule has 28 heavy (non-hydrogen) atoms. The number of hydrogen-bond acceptors (Lipinski definition) is 3. The van der Waals surface area contributed by atoms with Crippen molar-refractivity contribution in [3.05, 3.63) is 29.8 Å². The molecular formula is C21H28ClN3O3. The van der Waals surface area contributed by atoms with E-state index in [4.69, 9.17) is 11.6 Å². The molecule has 2 aliphatic heterocycles. The van der Waals surface area contributed by atoms with Gasteiger partial charge in [0.1, 0.15) is 0 Å². The molecule has 0 spiro atoms. The average molecular weight is 406 g/mol. The molecule has 0 bridgehead atoms. The van der Waals surface area contributed by atoms with Gasteiger partial charge >= 0.3 is 0 Å². The third kappa shape index (κ3) is 4.85. The van der Waals surface area contributed by atoms with E-state index in [1.54, 1.807) is 4.90 Å². The van der Waals surface area contributed by atoms with Crippen LogP contribution in [0.1, 0.15) is 31.2 Å². The van der Waals surface area contributed by atoms with Crippen molar-refractivity contribution >= 4 is 35.0 Å². The smallest absolute Gasteiger partial charge is 0.228 e. The molecular weight excluding hydrogens is 378 g/mol. The molecule has 1 atom stereocenters. The van der Waals surface area contributed by atoms with Gasteiger partial charge in [-0.2, -0.15) is 0 Å². The summed E-state index contributed by atoms with van der Waals surface area (Å²) in [7, 11) is 0. The summed E-state index contributed by atoms with van der Waals surface area (Å²) < 4.78 is 0. The predicted molar refractivity (Wildman–Crippen MR) is 109 cm³/mol. The zero-order valence-corrected chi connectivity index (χ0v) is 17.1. The van der Waals surface area contributed by atoms with Crippen molar-refractivity contribution in [2.45, 2.75) is 32.6 Å². The van der Waals surface area contributed by atoms with Crippen LogP contribution < -0.4 is 10.2 Å². The van der Waals surface area contributed by atoms with Gasteiger partial charge in [0.25, 0.3) is 0 Å². The molecule has 3 rings (SSSR count). The molecule has 0 aromatic heterocycles. The van der Waals surface area contributed by atoms with Crippen molar-refractivity contribution in [3.8, 4) is 0 Å². The molecule has 0 radical (unpaired) electrons. The molecule has 7 heteroatoms. The Balaban J connectivity index is 1.51. The summed E-state index contributed by atoms with van der Waals surface area (Å²) in [5.74, 6) is 0.266. The van der Waals surface area contributed by atoms with E-state index in [0.717, 1.165) is 17.7 Å². The van der Waals surface area contributed by atoms with E-state index in [1.165, 1.54) is 0 Å². The third-order valence-electron chi connectivity index (χ3n) is 5.61. The van der Waals surface area contributed by atoms with Gasteiger partial charge in [0.15, 0.2) is 0 Å². The van der Waals surface area contributed by atoms with Crippen LogP contribution in [-0.2, 0) is 14.4 Å². The predicted octanol–water partition coefficient (Wildman–Crippen LogP) is 2.33. The van der Waals surface area contributed by atoms with Crippen LogP contribution in [0.2, 0.25) is 0 Å². The van der Waals surface area contributed by atoms with Crippen molar-refractivity contribution in [2.75, 3.05) is 37.0 Å². The van der Waals surface area contributed by atoms with E-state index < -0.39 is 0 Å². The van der Waals surface area contributed by atoms with E-state index in [-0.39, 0.29) is 36.0 Å². The Bertz CT molecular complexity index is 714. The maximum atomic E-state index is 12.9. The van der Waals surface area contributed by atoms with Crippen LogP contribution in [0.25, 0.3) is 0 Å². The second-order valence-corrected chi connectivity index (χ2v) is 8.05. The summed E-state index contributed by atoms with van der Waals surface area (Å²) in [6, 6.07) is 7.80. The highest BCUT2D eigenvalue weighted by atomic mass is 35.5. The lowest BCUT2D eigenvalue weighted by Crippen LogP contribution is -2.45. The third-order valence-corrected chi connectivity index (χ3v) is 5.87. The summed E-state index contributed by atoms with van der Waals surface area (Å²) in [4.78, 5) is 41.0. The Kier molecular flexibility index (Phi) is 6.94. The second kappa shape index (κ2) is 9.41. The molecule has 1 unspecified atom stereocenters. The topological polar surface area (TPSA) is 69.7 Å². The van der Waals surface area contributed by atoms with E-state index in [0.29, 0.717) is 44.9 Å². The summed E-state index contributed by atoms with van der Waals surface area (Å²) in [6.45, 7) is 4.17. The van der Waals surface area contributed by atoms with Crippen LogP contribution in [0.3, 0.4) is 0 Å². The SMILES string of the molecule is Cc1ccc(N2CC(C(=O)N3CCC(C(=O)NCCCCl)CC3)CC2=O)cc1. The number of amides is 3. The van der Waals surface area contributed by atoms with Gasteiger partial charge in [-0.1, -0.05) is 17.7 Å². The lowest BCUT2D eigenvalue weighted by molar-refractivity contribution is -0.139. The number of alkyl halides is 1. The maximum Gasteiger partial charge on any atom is 0.228 e. The second-order valence-electron chi connectivity index (χ2n) is 7.67. The molecule has 2 aliphatic rings. The lowest BCUT2D eigenvalue weighted by atomic mass is 9.94. The Hall–Kier alpha value is -2.08. The first-order valence-corrected chi connectivity index (χ1v) is 10.5. The minimum absolute atomic E-state index is 0.00393. The Morgan fingerprint density at radius 2 is 1.82 bits per heavy atom. The molecule has 1 aromatic carbocycles. The summed E-state index contributed by atoms with van der Waals surface area (Å²) in [5.41, 5.74) is 1.98. The maximum absolute atomic E-state index is 12.9. The lowest BCUT2D eigenvalue weighted by Gasteiger charge is -2.33. The zero-order chi connectivity index (χ0) is 20.1. The molecule has 2 heterocycles. The van der Waals surface area contributed by atoms with E-state index in [9.17, 15) is 14.4 Å². The fourth-order valence-corrected chi connectivity index (χ4v) is 4.02. The van der Waals surface area contributed by atoms with E-state index >= 15 is 0 Å².